The molecule has 3 heterocycles. The van der Waals surface area contributed by atoms with Gasteiger partial charge in [-0.15, -0.1) is 11.3 Å². The van der Waals surface area contributed by atoms with E-state index in [1.165, 1.54) is 17.8 Å². The number of carbonyl (C=O) groups is 1. The predicted octanol–water partition coefficient (Wildman–Crippen LogP) is 3.81. The van der Waals surface area contributed by atoms with Crippen LogP contribution in [0.5, 0.6) is 0 Å². The molecule has 2 aromatic rings. The highest BCUT2D eigenvalue weighted by molar-refractivity contribution is 7.13. The van der Waals surface area contributed by atoms with E-state index in [1.807, 2.05) is 22.4 Å². The number of hydrogen-bond donors (Lipinski definition) is 0. The minimum absolute atomic E-state index is 0.0607. The normalized spacial score (nSPS) is 19.2. The van der Waals surface area contributed by atoms with Crippen molar-refractivity contribution in [1.82, 2.24) is 9.88 Å². The number of thiazole rings is 1. The lowest BCUT2D eigenvalue weighted by Crippen LogP contribution is -2.43. The molecule has 0 aromatic carbocycles. The van der Waals surface area contributed by atoms with Gasteiger partial charge in [0.05, 0.1) is 6.26 Å². The first-order valence-corrected chi connectivity index (χ1v) is 7.98. The van der Waals surface area contributed by atoms with Crippen LogP contribution < -0.4 is 0 Å². The van der Waals surface area contributed by atoms with Crippen molar-refractivity contribution >= 4 is 17.2 Å². The third-order valence-electron chi connectivity index (χ3n) is 3.81. The van der Waals surface area contributed by atoms with Gasteiger partial charge in [-0.3, -0.25) is 4.79 Å². The van der Waals surface area contributed by atoms with Crippen molar-refractivity contribution in [3.63, 3.8) is 0 Å². The van der Waals surface area contributed by atoms with Crippen molar-refractivity contribution < 1.29 is 9.21 Å². The van der Waals surface area contributed by atoms with Gasteiger partial charge in [0.15, 0.2) is 10.8 Å². The molecule has 1 aliphatic rings. The van der Waals surface area contributed by atoms with E-state index in [0.29, 0.717) is 11.7 Å². The maximum absolute atomic E-state index is 12.6. The van der Waals surface area contributed by atoms with E-state index in [4.69, 9.17) is 4.42 Å². The summed E-state index contributed by atoms with van der Waals surface area (Å²) < 4.78 is 5.32. The van der Waals surface area contributed by atoms with Crippen LogP contribution in [0.2, 0.25) is 0 Å². The molecule has 0 aliphatic carbocycles. The summed E-state index contributed by atoms with van der Waals surface area (Å²) in [4.78, 5) is 19.0. The van der Waals surface area contributed by atoms with Gasteiger partial charge >= 0.3 is 0 Å². The molecule has 0 bridgehead atoms. The van der Waals surface area contributed by atoms with Gasteiger partial charge in [-0.05, 0) is 37.8 Å². The van der Waals surface area contributed by atoms with Crippen LogP contribution in [0.4, 0.5) is 0 Å². The van der Waals surface area contributed by atoms with Crippen LogP contribution in [-0.4, -0.2) is 28.4 Å². The molecule has 1 unspecified atom stereocenters. The number of furan rings is 1. The number of piperidine rings is 1. The smallest absolute Gasteiger partial charge is 0.273 e. The fourth-order valence-corrected chi connectivity index (χ4v) is 3.49. The molecule has 1 fully saturated rings. The molecule has 0 spiro atoms. The molecule has 20 heavy (non-hydrogen) atoms. The van der Waals surface area contributed by atoms with Crippen molar-refractivity contribution in [2.45, 2.75) is 38.6 Å². The summed E-state index contributed by atoms with van der Waals surface area (Å²) in [5.41, 5.74) is 0.543. The Morgan fingerprint density at radius 2 is 2.45 bits per heavy atom. The van der Waals surface area contributed by atoms with Gasteiger partial charge in [-0.1, -0.05) is 6.92 Å². The summed E-state index contributed by atoms with van der Waals surface area (Å²) in [6.07, 6.45) is 6.06. The van der Waals surface area contributed by atoms with Crippen molar-refractivity contribution in [3.05, 3.63) is 29.5 Å². The van der Waals surface area contributed by atoms with E-state index in [9.17, 15) is 4.79 Å². The number of rotatable bonds is 3. The van der Waals surface area contributed by atoms with Crippen LogP contribution in [0.15, 0.2) is 28.2 Å². The summed E-state index contributed by atoms with van der Waals surface area (Å²) in [5.74, 6) is 0.783. The van der Waals surface area contributed by atoms with Gasteiger partial charge in [0, 0.05) is 18.0 Å². The number of likely N-dealkylation sites (tertiary alicyclic amines) is 1. The van der Waals surface area contributed by atoms with Crippen LogP contribution in [-0.2, 0) is 0 Å². The largest absolute Gasteiger partial charge is 0.462 e. The highest BCUT2D eigenvalue weighted by Crippen LogP contribution is 2.26. The SMILES string of the molecule is CCC1CCCCN1C(=O)c1csc(-c2ccco2)n1. The average molecular weight is 290 g/mol. The van der Waals surface area contributed by atoms with Gasteiger partial charge in [0.1, 0.15) is 5.69 Å². The second-order valence-electron chi connectivity index (χ2n) is 5.07. The van der Waals surface area contributed by atoms with E-state index >= 15 is 0 Å². The molecule has 1 aliphatic heterocycles. The van der Waals surface area contributed by atoms with Crippen LogP contribution in [0, 0.1) is 0 Å². The first-order valence-electron chi connectivity index (χ1n) is 7.10. The molecule has 3 rings (SSSR count). The fourth-order valence-electron chi connectivity index (χ4n) is 2.72. The van der Waals surface area contributed by atoms with Crippen LogP contribution >= 0.6 is 11.3 Å². The van der Waals surface area contributed by atoms with Gasteiger partial charge in [0.25, 0.3) is 5.91 Å². The number of aromatic nitrogens is 1. The van der Waals surface area contributed by atoms with Crippen molar-refractivity contribution in [1.29, 1.82) is 0 Å². The van der Waals surface area contributed by atoms with Gasteiger partial charge in [-0.25, -0.2) is 4.98 Å². The predicted molar refractivity (Wildman–Crippen MR) is 78.8 cm³/mol. The van der Waals surface area contributed by atoms with E-state index in [2.05, 4.69) is 11.9 Å². The summed E-state index contributed by atoms with van der Waals surface area (Å²) in [7, 11) is 0. The number of hydrogen-bond acceptors (Lipinski definition) is 4. The van der Waals surface area contributed by atoms with Crippen molar-refractivity contribution in [3.8, 4) is 10.8 Å². The third kappa shape index (κ3) is 2.50. The maximum Gasteiger partial charge on any atom is 0.273 e. The lowest BCUT2D eigenvalue weighted by molar-refractivity contribution is 0.0603. The number of amides is 1. The first-order chi connectivity index (χ1) is 9.79. The molecule has 0 saturated carbocycles. The lowest BCUT2D eigenvalue weighted by Gasteiger charge is -2.34. The second-order valence-corrected chi connectivity index (χ2v) is 5.93. The monoisotopic (exact) mass is 290 g/mol. The molecule has 1 saturated heterocycles. The Morgan fingerprint density at radius 1 is 1.55 bits per heavy atom. The topological polar surface area (TPSA) is 46.3 Å². The second kappa shape index (κ2) is 5.79. The molecule has 5 heteroatoms. The molecule has 0 radical (unpaired) electrons. The molecule has 4 nitrogen and oxygen atoms in total. The third-order valence-corrected chi connectivity index (χ3v) is 4.67. The summed E-state index contributed by atoms with van der Waals surface area (Å²) in [5, 5.41) is 2.60. The number of carbonyl (C=O) groups excluding carboxylic acids is 1. The molecule has 106 valence electrons. The van der Waals surface area contributed by atoms with Crippen LogP contribution in [0.3, 0.4) is 0 Å². The summed E-state index contributed by atoms with van der Waals surface area (Å²) in [6.45, 7) is 3.00. The molecular formula is C15H18N2O2S. The van der Waals surface area contributed by atoms with Gasteiger partial charge in [-0.2, -0.15) is 0 Å². The molecule has 1 amide bonds. The average Bonchev–Trinajstić information content (AvgIpc) is 3.16. The van der Waals surface area contributed by atoms with E-state index in [1.54, 1.807) is 6.26 Å². The Hall–Kier alpha value is -1.62. The Morgan fingerprint density at radius 3 is 3.20 bits per heavy atom. The Kier molecular flexibility index (Phi) is 3.87. The zero-order chi connectivity index (χ0) is 13.9. The quantitative estimate of drug-likeness (QED) is 0.863. The molecule has 2 aromatic heterocycles. The summed E-state index contributed by atoms with van der Waals surface area (Å²) >= 11 is 1.46. The standard InChI is InChI=1S/C15H18N2O2S/c1-2-11-6-3-4-8-17(11)15(18)12-10-20-14(16-12)13-7-5-9-19-13/h5,7,9-11H,2-4,6,8H2,1H3. The Bertz CT molecular complexity index is 576. The molecule has 0 N–H and O–H groups in total. The number of nitrogens with zero attached hydrogens (tertiary/aromatic N) is 2. The minimum atomic E-state index is 0.0607. The molecule has 1 atom stereocenters. The highest BCUT2D eigenvalue weighted by atomic mass is 32.1. The fraction of sp³-hybridized carbons (Fsp3) is 0.467. The summed E-state index contributed by atoms with van der Waals surface area (Å²) in [6, 6.07) is 4.06. The zero-order valence-corrected chi connectivity index (χ0v) is 12.4. The Labute approximate surface area is 122 Å². The molecular weight excluding hydrogens is 272 g/mol. The zero-order valence-electron chi connectivity index (χ0n) is 11.5. The van der Waals surface area contributed by atoms with Crippen molar-refractivity contribution in [2.24, 2.45) is 0 Å². The Balaban J connectivity index is 1.80. The van der Waals surface area contributed by atoms with E-state index < -0.39 is 0 Å². The van der Waals surface area contributed by atoms with Crippen molar-refractivity contribution in [2.75, 3.05) is 6.54 Å². The first kappa shape index (κ1) is 13.4. The van der Waals surface area contributed by atoms with Crippen LogP contribution in [0.1, 0.15) is 43.1 Å². The van der Waals surface area contributed by atoms with E-state index in [0.717, 1.165) is 36.6 Å². The lowest BCUT2D eigenvalue weighted by atomic mass is 10.00. The van der Waals surface area contributed by atoms with E-state index in [-0.39, 0.29) is 5.91 Å². The van der Waals surface area contributed by atoms with Gasteiger partial charge in [0.2, 0.25) is 0 Å². The maximum atomic E-state index is 12.6. The van der Waals surface area contributed by atoms with Crippen LogP contribution in [0.25, 0.3) is 10.8 Å². The van der Waals surface area contributed by atoms with Gasteiger partial charge < -0.3 is 9.32 Å². The highest BCUT2D eigenvalue weighted by Gasteiger charge is 2.27. The minimum Gasteiger partial charge on any atom is -0.462 e.